The number of likely N-dealkylation sites (N-methyl/N-ethyl adjacent to an activating group) is 1. The molecule has 7 nitrogen and oxygen atoms in total. The number of aryl methyl sites for hydroxylation is 1. The molecule has 0 aliphatic carbocycles. The highest BCUT2D eigenvalue weighted by Gasteiger charge is 2.35. The Morgan fingerprint density at radius 1 is 1.06 bits per heavy atom. The quantitative estimate of drug-likeness (QED) is 0.589. The minimum absolute atomic E-state index is 0.0741. The van der Waals surface area contributed by atoms with Gasteiger partial charge in [-0.15, -0.1) is 0 Å². The lowest BCUT2D eigenvalue weighted by Crippen LogP contribution is -2.53. The second kappa shape index (κ2) is 11.9. The van der Waals surface area contributed by atoms with Crippen LogP contribution in [0.1, 0.15) is 79.0 Å². The van der Waals surface area contributed by atoms with Crippen LogP contribution in [0.5, 0.6) is 0 Å². The molecule has 1 aromatic carbocycles. The second-order valence-electron chi connectivity index (χ2n) is 9.93. The van der Waals surface area contributed by atoms with Crippen LogP contribution in [0.2, 0.25) is 0 Å². The number of rotatable bonds is 9. The summed E-state index contributed by atoms with van der Waals surface area (Å²) in [6, 6.07) is 5.92. The Morgan fingerprint density at radius 3 is 2.16 bits per heavy atom. The van der Waals surface area contributed by atoms with E-state index in [0.29, 0.717) is 13.0 Å². The van der Waals surface area contributed by atoms with E-state index in [1.165, 1.54) is 4.90 Å². The van der Waals surface area contributed by atoms with Crippen molar-refractivity contribution >= 4 is 17.9 Å². The van der Waals surface area contributed by atoms with Crippen molar-refractivity contribution in [2.45, 2.75) is 92.5 Å². The summed E-state index contributed by atoms with van der Waals surface area (Å²) < 4.78 is 5.37. The molecule has 1 aromatic rings. The molecule has 0 aliphatic heterocycles. The number of carbonyl (C=O) groups is 3. The number of benzene rings is 1. The molecule has 0 aromatic heterocycles. The minimum atomic E-state index is -0.802. The molecule has 32 heavy (non-hydrogen) atoms. The molecule has 0 saturated heterocycles. The maximum atomic E-state index is 13.7. The average Bonchev–Trinajstić information content (AvgIpc) is 2.62. The first-order valence-corrected chi connectivity index (χ1v) is 11.4. The van der Waals surface area contributed by atoms with Crippen LogP contribution in [0.25, 0.3) is 0 Å². The third-order valence-electron chi connectivity index (χ3n) is 4.67. The molecule has 0 aliphatic rings. The Labute approximate surface area is 193 Å². The monoisotopic (exact) mass is 447 g/mol. The number of nitrogens with zero attached hydrogens (tertiary/aromatic N) is 1. The van der Waals surface area contributed by atoms with Gasteiger partial charge in [0.05, 0.1) is 0 Å². The molecule has 3 amide bonds. The van der Waals surface area contributed by atoms with E-state index in [0.717, 1.165) is 11.1 Å². The van der Waals surface area contributed by atoms with E-state index in [9.17, 15) is 14.4 Å². The summed E-state index contributed by atoms with van der Waals surface area (Å²) in [6.07, 6.45) is -0.215. The minimum Gasteiger partial charge on any atom is -0.444 e. The molecule has 0 heterocycles. The fraction of sp³-hybridized carbons (Fsp3) is 0.640. The molecule has 0 radical (unpaired) electrons. The lowest BCUT2D eigenvalue weighted by Gasteiger charge is -2.34. The van der Waals surface area contributed by atoms with Gasteiger partial charge in [-0.2, -0.15) is 0 Å². The first kappa shape index (κ1) is 27.5. The van der Waals surface area contributed by atoms with Gasteiger partial charge >= 0.3 is 6.09 Å². The Hall–Kier alpha value is -2.57. The zero-order valence-electron chi connectivity index (χ0n) is 21.1. The van der Waals surface area contributed by atoms with Gasteiger partial charge in [0.2, 0.25) is 11.8 Å². The van der Waals surface area contributed by atoms with Crippen molar-refractivity contribution < 1.29 is 19.1 Å². The predicted octanol–water partition coefficient (Wildman–Crippen LogP) is 4.35. The zero-order chi connectivity index (χ0) is 24.6. The molecule has 0 spiro atoms. The van der Waals surface area contributed by atoms with Crippen molar-refractivity contribution in [3.8, 4) is 0 Å². The molecular weight excluding hydrogens is 406 g/mol. The van der Waals surface area contributed by atoms with Crippen molar-refractivity contribution in [1.82, 2.24) is 15.5 Å². The van der Waals surface area contributed by atoms with E-state index >= 15 is 0 Å². The first-order valence-electron chi connectivity index (χ1n) is 11.4. The summed E-state index contributed by atoms with van der Waals surface area (Å²) in [6.45, 7) is 17.1. The van der Waals surface area contributed by atoms with Crippen molar-refractivity contribution in [3.05, 3.63) is 35.4 Å². The summed E-state index contributed by atoms with van der Waals surface area (Å²) in [5.41, 5.74) is 1.05. The number of nitrogens with one attached hydrogen (secondary N) is 2. The van der Waals surface area contributed by atoms with Gasteiger partial charge in [0.25, 0.3) is 0 Å². The van der Waals surface area contributed by atoms with Crippen molar-refractivity contribution in [3.63, 3.8) is 0 Å². The fourth-order valence-corrected chi connectivity index (χ4v) is 3.49. The molecular formula is C25H41N3O4. The lowest BCUT2D eigenvalue weighted by atomic mass is 9.98. The number of alkyl carbamates (subject to hydrolysis) is 1. The summed E-state index contributed by atoms with van der Waals surface area (Å²) in [4.78, 5) is 40.9. The van der Waals surface area contributed by atoms with Crippen LogP contribution in [0, 0.1) is 12.8 Å². The molecule has 180 valence electrons. The lowest BCUT2D eigenvalue weighted by molar-refractivity contribution is -0.142. The molecule has 2 N–H and O–H groups in total. The summed E-state index contributed by atoms with van der Waals surface area (Å²) >= 11 is 0. The Kier molecular flexibility index (Phi) is 10.2. The van der Waals surface area contributed by atoms with E-state index in [2.05, 4.69) is 10.6 Å². The normalized spacial score (nSPS) is 13.5. The van der Waals surface area contributed by atoms with Gasteiger partial charge in [-0.25, -0.2) is 4.79 Å². The highest BCUT2D eigenvalue weighted by atomic mass is 16.6. The van der Waals surface area contributed by atoms with Gasteiger partial charge in [0, 0.05) is 12.6 Å². The third kappa shape index (κ3) is 8.89. The van der Waals surface area contributed by atoms with E-state index in [1.807, 2.05) is 65.8 Å². The van der Waals surface area contributed by atoms with Gasteiger partial charge in [0.15, 0.2) is 0 Å². The first-order chi connectivity index (χ1) is 14.7. The van der Waals surface area contributed by atoms with Crippen molar-refractivity contribution in [2.24, 2.45) is 5.92 Å². The van der Waals surface area contributed by atoms with Crippen LogP contribution in [0.4, 0.5) is 4.79 Å². The van der Waals surface area contributed by atoms with Crippen LogP contribution in [-0.4, -0.2) is 47.0 Å². The number of ether oxygens (including phenoxy) is 1. The van der Waals surface area contributed by atoms with Crippen molar-refractivity contribution in [2.75, 3.05) is 6.54 Å². The fourth-order valence-electron chi connectivity index (χ4n) is 3.49. The van der Waals surface area contributed by atoms with Crippen molar-refractivity contribution in [1.29, 1.82) is 0 Å². The standard InChI is InChI=1S/C25H41N3O4/c1-10-28(21(22(29)26-17(4)5)19-13-11-12-18(6)15-19)23(30)20(14-16(2)3)27-24(31)32-25(7,8)9/h11-13,15-17,20-21H,10,14H2,1-9H3,(H,26,29)(H,27,31). The molecule has 2 unspecified atom stereocenters. The summed E-state index contributed by atoms with van der Waals surface area (Å²) in [7, 11) is 0. The van der Waals surface area contributed by atoms with E-state index < -0.39 is 23.8 Å². The van der Waals surface area contributed by atoms with E-state index in [4.69, 9.17) is 4.74 Å². The maximum absolute atomic E-state index is 13.7. The average molecular weight is 448 g/mol. The SMILES string of the molecule is CCN(C(=O)C(CC(C)C)NC(=O)OC(C)(C)C)C(C(=O)NC(C)C)c1cccc(C)c1. The molecule has 0 saturated carbocycles. The summed E-state index contributed by atoms with van der Waals surface area (Å²) in [5, 5.41) is 5.67. The third-order valence-corrected chi connectivity index (χ3v) is 4.67. The van der Waals surface area contributed by atoms with Gasteiger partial charge in [-0.3, -0.25) is 9.59 Å². The molecule has 0 bridgehead atoms. The van der Waals surface area contributed by atoms with Crippen LogP contribution in [0.3, 0.4) is 0 Å². The molecule has 7 heteroatoms. The topological polar surface area (TPSA) is 87.7 Å². The smallest absolute Gasteiger partial charge is 0.408 e. The Morgan fingerprint density at radius 2 is 1.69 bits per heavy atom. The number of carbonyl (C=O) groups excluding carboxylic acids is 3. The largest absolute Gasteiger partial charge is 0.444 e. The zero-order valence-corrected chi connectivity index (χ0v) is 21.1. The number of amides is 3. The predicted molar refractivity (Wildman–Crippen MR) is 127 cm³/mol. The molecule has 1 rings (SSSR count). The highest BCUT2D eigenvalue weighted by molar-refractivity contribution is 5.92. The van der Waals surface area contributed by atoms with E-state index in [1.54, 1.807) is 20.8 Å². The second-order valence-corrected chi connectivity index (χ2v) is 9.93. The van der Waals surface area contributed by atoms with Gasteiger partial charge in [0.1, 0.15) is 17.7 Å². The van der Waals surface area contributed by atoms with Gasteiger partial charge in [-0.1, -0.05) is 43.7 Å². The van der Waals surface area contributed by atoms with Crippen LogP contribution in [0.15, 0.2) is 24.3 Å². The number of hydrogen-bond donors (Lipinski definition) is 2. The molecule has 0 fully saturated rings. The van der Waals surface area contributed by atoms with E-state index in [-0.39, 0.29) is 23.8 Å². The molecule has 2 atom stereocenters. The van der Waals surface area contributed by atoms with Gasteiger partial charge in [-0.05, 0) is 66.4 Å². The Bertz CT molecular complexity index is 784. The number of hydrogen-bond acceptors (Lipinski definition) is 4. The van der Waals surface area contributed by atoms with Crippen LogP contribution >= 0.6 is 0 Å². The summed E-state index contributed by atoms with van der Waals surface area (Å²) in [5.74, 6) is -0.404. The Balaban J connectivity index is 3.33. The highest BCUT2D eigenvalue weighted by Crippen LogP contribution is 2.24. The van der Waals surface area contributed by atoms with Gasteiger partial charge < -0.3 is 20.3 Å². The maximum Gasteiger partial charge on any atom is 0.408 e. The van der Waals surface area contributed by atoms with Crippen LogP contribution < -0.4 is 10.6 Å². The van der Waals surface area contributed by atoms with Crippen LogP contribution in [-0.2, 0) is 14.3 Å².